The average molecular weight is 272 g/mol. The van der Waals surface area contributed by atoms with E-state index >= 15 is 0 Å². The quantitative estimate of drug-likeness (QED) is 0.811. The number of nitrogens with two attached hydrogens (primary N) is 1. The lowest BCUT2D eigenvalue weighted by Gasteiger charge is -2.17. The lowest BCUT2D eigenvalue weighted by molar-refractivity contribution is 0.0993. The van der Waals surface area contributed by atoms with Gasteiger partial charge in [0, 0.05) is 22.8 Å². The van der Waals surface area contributed by atoms with E-state index in [-0.39, 0.29) is 5.91 Å². The number of aryl methyl sites for hydroxylation is 2. The summed E-state index contributed by atoms with van der Waals surface area (Å²) in [5.41, 5.74) is 9.98. The van der Waals surface area contributed by atoms with Crippen LogP contribution in [0.1, 0.15) is 25.7 Å². The van der Waals surface area contributed by atoms with Crippen LogP contribution in [-0.4, -0.2) is 12.5 Å². The number of nitrogens with zero attached hydrogens (tertiary/aromatic N) is 1. The number of amides is 1. The van der Waals surface area contributed by atoms with Crippen LogP contribution in [-0.2, 0) is 6.42 Å². The summed E-state index contributed by atoms with van der Waals surface area (Å²) in [7, 11) is 0. The Balaban J connectivity index is 1.98. The van der Waals surface area contributed by atoms with Crippen LogP contribution in [0, 0.1) is 13.8 Å². The highest BCUT2D eigenvalue weighted by atomic mass is 32.1. The van der Waals surface area contributed by atoms with Crippen LogP contribution in [0.15, 0.2) is 24.3 Å². The van der Waals surface area contributed by atoms with Gasteiger partial charge in [0.05, 0.1) is 4.88 Å². The Bertz CT molecular complexity index is 660. The maximum atomic E-state index is 12.5. The zero-order chi connectivity index (χ0) is 13.6. The van der Waals surface area contributed by atoms with Gasteiger partial charge in [0.2, 0.25) is 0 Å². The molecule has 0 unspecified atom stereocenters. The fourth-order valence-electron chi connectivity index (χ4n) is 2.47. The summed E-state index contributed by atoms with van der Waals surface area (Å²) in [5.74, 6) is 0.0834. The molecule has 1 aliphatic heterocycles. The minimum absolute atomic E-state index is 0.0834. The van der Waals surface area contributed by atoms with E-state index in [0.717, 1.165) is 39.7 Å². The molecule has 2 aromatic rings. The van der Waals surface area contributed by atoms with Crippen molar-refractivity contribution in [1.82, 2.24) is 0 Å². The predicted octanol–water partition coefficient (Wildman–Crippen LogP) is 3.15. The summed E-state index contributed by atoms with van der Waals surface area (Å²) < 4.78 is 0. The fourth-order valence-corrected chi connectivity index (χ4v) is 3.29. The second kappa shape index (κ2) is 4.38. The number of hydrogen-bond acceptors (Lipinski definition) is 3. The van der Waals surface area contributed by atoms with Crippen molar-refractivity contribution in [2.24, 2.45) is 0 Å². The fraction of sp³-hybridized carbons (Fsp3) is 0.267. The third kappa shape index (κ3) is 2.02. The molecule has 98 valence electrons. The molecule has 1 aromatic carbocycles. The summed E-state index contributed by atoms with van der Waals surface area (Å²) in [6, 6.07) is 7.91. The summed E-state index contributed by atoms with van der Waals surface area (Å²) in [6.45, 7) is 4.76. The zero-order valence-electron chi connectivity index (χ0n) is 11.1. The molecule has 0 radical (unpaired) electrons. The normalized spacial score (nSPS) is 13.7. The van der Waals surface area contributed by atoms with Gasteiger partial charge in [-0.2, -0.15) is 0 Å². The number of benzene rings is 1. The van der Waals surface area contributed by atoms with Crippen molar-refractivity contribution in [1.29, 1.82) is 0 Å². The van der Waals surface area contributed by atoms with E-state index in [4.69, 9.17) is 5.73 Å². The van der Waals surface area contributed by atoms with Gasteiger partial charge < -0.3 is 10.6 Å². The topological polar surface area (TPSA) is 46.3 Å². The van der Waals surface area contributed by atoms with Gasteiger partial charge in [-0.05, 0) is 49.6 Å². The minimum Gasteiger partial charge on any atom is -0.398 e. The molecule has 0 saturated carbocycles. The molecular weight excluding hydrogens is 256 g/mol. The third-order valence-electron chi connectivity index (χ3n) is 3.56. The van der Waals surface area contributed by atoms with E-state index in [1.807, 2.05) is 36.9 Å². The van der Waals surface area contributed by atoms with Gasteiger partial charge in [-0.15, -0.1) is 11.3 Å². The summed E-state index contributed by atoms with van der Waals surface area (Å²) in [6.07, 6.45) is 0.909. The van der Waals surface area contributed by atoms with E-state index in [1.165, 1.54) is 5.56 Å². The highest BCUT2D eigenvalue weighted by Crippen LogP contribution is 2.33. The highest BCUT2D eigenvalue weighted by Gasteiger charge is 2.26. The Morgan fingerprint density at radius 3 is 2.79 bits per heavy atom. The standard InChI is InChI=1S/C15H16N2OS/c1-9-7-11-5-6-17(13(11)8-12(9)16)15(18)14-4-3-10(2)19-14/h3-4,7-8H,5-6,16H2,1-2H3. The first kappa shape index (κ1) is 12.2. The molecule has 1 aliphatic rings. The third-order valence-corrected chi connectivity index (χ3v) is 4.55. The van der Waals surface area contributed by atoms with Gasteiger partial charge in [-0.25, -0.2) is 0 Å². The van der Waals surface area contributed by atoms with Crippen molar-refractivity contribution < 1.29 is 4.79 Å². The van der Waals surface area contributed by atoms with Crippen LogP contribution in [0.2, 0.25) is 0 Å². The van der Waals surface area contributed by atoms with Gasteiger partial charge in [0.1, 0.15) is 0 Å². The molecule has 2 heterocycles. The van der Waals surface area contributed by atoms with Gasteiger partial charge in [0.25, 0.3) is 5.91 Å². The molecule has 3 nitrogen and oxygen atoms in total. The number of rotatable bonds is 1. The van der Waals surface area contributed by atoms with Crippen molar-refractivity contribution in [3.05, 3.63) is 45.1 Å². The number of thiophene rings is 1. The van der Waals surface area contributed by atoms with Gasteiger partial charge in [0.15, 0.2) is 0 Å². The Labute approximate surface area is 116 Å². The van der Waals surface area contributed by atoms with Crippen molar-refractivity contribution in [2.45, 2.75) is 20.3 Å². The molecule has 1 amide bonds. The lowest BCUT2D eigenvalue weighted by atomic mass is 10.1. The van der Waals surface area contributed by atoms with E-state index in [1.54, 1.807) is 11.3 Å². The van der Waals surface area contributed by atoms with Gasteiger partial charge in [-0.3, -0.25) is 4.79 Å². The van der Waals surface area contributed by atoms with Crippen molar-refractivity contribution >= 4 is 28.6 Å². The second-order valence-corrected chi connectivity index (χ2v) is 6.24. The van der Waals surface area contributed by atoms with Crippen LogP contribution in [0.4, 0.5) is 11.4 Å². The van der Waals surface area contributed by atoms with Gasteiger partial charge >= 0.3 is 0 Å². The number of carbonyl (C=O) groups excluding carboxylic acids is 1. The van der Waals surface area contributed by atoms with E-state index < -0.39 is 0 Å². The number of fused-ring (bicyclic) bond motifs is 1. The maximum absolute atomic E-state index is 12.5. The molecule has 4 heteroatoms. The number of nitrogen functional groups attached to an aromatic ring is 1. The molecule has 0 saturated heterocycles. The van der Waals surface area contributed by atoms with Crippen molar-refractivity contribution in [3.63, 3.8) is 0 Å². The first-order valence-electron chi connectivity index (χ1n) is 6.33. The number of anilines is 2. The molecule has 2 N–H and O–H groups in total. The highest BCUT2D eigenvalue weighted by molar-refractivity contribution is 7.14. The number of carbonyl (C=O) groups is 1. The van der Waals surface area contributed by atoms with E-state index in [0.29, 0.717) is 0 Å². The SMILES string of the molecule is Cc1ccc(C(=O)N2CCc3cc(C)c(N)cc32)s1. The van der Waals surface area contributed by atoms with Crippen LogP contribution < -0.4 is 10.6 Å². The molecule has 3 rings (SSSR count). The van der Waals surface area contributed by atoms with Crippen LogP contribution >= 0.6 is 11.3 Å². The first-order valence-corrected chi connectivity index (χ1v) is 7.15. The number of hydrogen-bond donors (Lipinski definition) is 1. The molecule has 1 aromatic heterocycles. The Morgan fingerprint density at radius 1 is 1.32 bits per heavy atom. The summed E-state index contributed by atoms with van der Waals surface area (Å²) >= 11 is 1.54. The molecule has 0 bridgehead atoms. The summed E-state index contributed by atoms with van der Waals surface area (Å²) in [5, 5.41) is 0. The molecule has 0 fully saturated rings. The minimum atomic E-state index is 0.0834. The Hall–Kier alpha value is -1.81. The maximum Gasteiger partial charge on any atom is 0.268 e. The molecule has 19 heavy (non-hydrogen) atoms. The summed E-state index contributed by atoms with van der Waals surface area (Å²) in [4.78, 5) is 16.3. The molecule has 0 aliphatic carbocycles. The second-order valence-electron chi connectivity index (χ2n) is 4.95. The molecular formula is C15H16N2OS. The van der Waals surface area contributed by atoms with Gasteiger partial charge in [-0.1, -0.05) is 6.07 Å². The smallest absolute Gasteiger partial charge is 0.268 e. The largest absolute Gasteiger partial charge is 0.398 e. The van der Waals surface area contributed by atoms with E-state index in [9.17, 15) is 4.79 Å². The lowest BCUT2D eigenvalue weighted by Crippen LogP contribution is -2.28. The van der Waals surface area contributed by atoms with Crippen molar-refractivity contribution in [2.75, 3.05) is 17.2 Å². The van der Waals surface area contributed by atoms with Crippen LogP contribution in [0.3, 0.4) is 0 Å². The zero-order valence-corrected chi connectivity index (χ0v) is 11.9. The Morgan fingerprint density at radius 2 is 2.11 bits per heavy atom. The van der Waals surface area contributed by atoms with Crippen LogP contribution in [0.5, 0.6) is 0 Å². The first-order chi connectivity index (χ1) is 9.06. The van der Waals surface area contributed by atoms with E-state index in [2.05, 4.69) is 6.07 Å². The molecule has 0 atom stereocenters. The monoisotopic (exact) mass is 272 g/mol. The Kier molecular flexibility index (Phi) is 2.82. The average Bonchev–Trinajstić information content (AvgIpc) is 2.96. The van der Waals surface area contributed by atoms with Crippen molar-refractivity contribution in [3.8, 4) is 0 Å². The van der Waals surface area contributed by atoms with Crippen LogP contribution in [0.25, 0.3) is 0 Å². The predicted molar refractivity (Wildman–Crippen MR) is 80.0 cm³/mol. The molecule has 0 spiro atoms.